The van der Waals surface area contributed by atoms with Crippen molar-refractivity contribution in [1.82, 2.24) is 20.4 Å². The normalized spacial score (nSPS) is 10.6. The Morgan fingerprint density at radius 3 is 2.60 bits per heavy atom. The summed E-state index contributed by atoms with van der Waals surface area (Å²) in [6.07, 6.45) is 1.49. The van der Waals surface area contributed by atoms with Gasteiger partial charge in [0.2, 0.25) is 11.8 Å². The number of carbonyl (C=O) groups excluding carboxylic acids is 1. The Morgan fingerprint density at radius 1 is 1.20 bits per heavy atom. The maximum absolute atomic E-state index is 11.8. The number of aromatic nitrogens is 2. The first-order valence-corrected chi connectivity index (χ1v) is 7.25. The van der Waals surface area contributed by atoms with E-state index in [1.165, 1.54) is 0 Å². The molecule has 7 heteroatoms. The summed E-state index contributed by atoms with van der Waals surface area (Å²) in [6.45, 7) is 9.52. The van der Waals surface area contributed by atoms with Crippen molar-refractivity contribution < 1.29 is 9.21 Å². The Kier molecular flexibility index (Phi) is 7.64. The molecule has 2 N–H and O–H groups in total. The molecule has 0 aromatic carbocycles. The maximum atomic E-state index is 11.8. The predicted octanol–water partition coefficient (Wildman–Crippen LogP) is 1.24. The fraction of sp³-hybridized carbons (Fsp3) is 0.769. The number of hydrogen-bond acceptors (Lipinski definition) is 6. The number of carbonyl (C=O) groups is 1. The van der Waals surface area contributed by atoms with Gasteiger partial charge in [0.1, 0.15) is 0 Å². The van der Waals surface area contributed by atoms with Crippen LogP contribution in [0.2, 0.25) is 0 Å². The molecule has 0 unspecified atom stereocenters. The van der Waals surface area contributed by atoms with Crippen LogP contribution in [0.5, 0.6) is 0 Å². The predicted molar refractivity (Wildman–Crippen MR) is 77.3 cm³/mol. The molecule has 7 nitrogen and oxygen atoms in total. The zero-order valence-electron chi connectivity index (χ0n) is 12.6. The number of hydrogen-bond donors (Lipinski definition) is 2. The third-order valence-corrected chi connectivity index (χ3v) is 2.90. The standard InChI is InChI=1S/C13H25N5O2/c1-4-8-14-10-11-16-17-13(20-11)15-9-7-12(19)18(5-2)6-3/h14H,4-10H2,1-3H3,(H,15,17). The average molecular weight is 283 g/mol. The Hall–Kier alpha value is -1.63. The molecule has 20 heavy (non-hydrogen) atoms. The van der Waals surface area contributed by atoms with Crippen LogP contribution >= 0.6 is 0 Å². The van der Waals surface area contributed by atoms with Gasteiger partial charge in [-0.2, -0.15) is 0 Å². The minimum Gasteiger partial charge on any atom is -0.407 e. The summed E-state index contributed by atoms with van der Waals surface area (Å²) in [7, 11) is 0. The van der Waals surface area contributed by atoms with E-state index in [0.29, 0.717) is 31.4 Å². The summed E-state index contributed by atoms with van der Waals surface area (Å²) in [6, 6.07) is 0.366. The second-order valence-corrected chi connectivity index (χ2v) is 4.42. The molecule has 0 bridgehead atoms. The Balaban J connectivity index is 2.26. The first-order chi connectivity index (χ1) is 9.71. The molecule has 1 aromatic heterocycles. The molecule has 0 aliphatic carbocycles. The van der Waals surface area contributed by atoms with Gasteiger partial charge in [-0.1, -0.05) is 12.0 Å². The summed E-state index contributed by atoms with van der Waals surface area (Å²) >= 11 is 0. The highest BCUT2D eigenvalue weighted by molar-refractivity contribution is 5.76. The lowest BCUT2D eigenvalue weighted by Gasteiger charge is -2.18. The molecule has 0 atom stereocenters. The van der Waals surface area contributed by atoms with Gasteiger partial charge in [-0.15, -0.1) is 5.10 Å². The average Bonchev–Trinajstić information content (AvgIpc) is 2.88. The van der Waals surface area contributed by atoms with E-state index < -0.39 is 0 Å². The highest BCUT2D eigenvalue weighted by atomic mass is 16.4. The smallest absolute Gasteiger partial charge is 0.315 e. The van der Waals surface area contributed by atoms with E-state index in [1.807, 2.05) is 13.8 Å². The lowest BCUT2D eigenvalue weighted by molar-refractivity contribution is -0.130. The van der Waals surface area contributed by atoms with E-state index in [4.69, 9.17) is 4.42 Å². The topological polar surface area (TPSA) is 83.3 Å². The third-order valence-electron chi connectivity index (χ3n) is 2.90. The van der Waals surface area contributed by atoms with Gasteiger partial charge in [-0.25, -0.2) is 0 Å². The summed E-state index contributed by atoms with van der Waals surface area (Å²) in [5.74, 6) is 0.683. The van der Waals surface area contributed by atoms with Crippen LogP contribution < -0.4 is 10.6 Å². The number of nitrogens with one attached hydrogen (secondary N) is 2. The molecule has 114 valence electrons. The zero-order chi connectivity index (χ0) is 14.8. The largest absolute Gasteiger partial charge is 0.407 e. The second-order valence-electron chi connectivity index (χ2n) is 4.42. The molecule has 0 aliphatic heterocycles. The number of amides is 1. The lowest BCUT2D eigenvalue weighted by Crippen LogP contribution is -2.31. The maximum Gasteiger partial charge on any atom is 0.315 e. The van der Waals surface area contributed by atoms with E-state index in [9.17, 15) is 4.79 Å². The van der Waals surface area contributed by atoms with Gasteiger partial charge in [-0.05, 0) is 26.8 Å². The monoisotopic (exact) mass is 283 g/mol. The van der Waals surface area contributed by atoms with Crippen LogP contribution in [0.25, 0.3) is 0 Å². The van der Waals surface area contributed by atoms with E-state index in [2.05, 4.69) is 27.8 Å². The minimum absolute atomic E-state index is 0.131. The quantitative estimate of drug-likeness (QED) is 0.629. The highest BCUT2D eigenvalue weighted by Gasteiger charge is 2.10. The molecule has 1 aromatic rings. The summed E-state index contributed by atoms with van der Waals surface area (Å²) in [5.41, 5.74) is 0. The SMILES string of the molecule is CCCNCc1nnc(NCCC(=O)N(CC)CC)o1. The van der Waals surface area contributed by atoms with Crippen LogP contribution in [-0.4, -0.2) is 47.2 Å². The minimum atomic E-state index is 0.131. The Labute approximate surface area is 120 Å². The molecule has 1 heterocycles. The molecular formula is C13H25N5O2. The van der Waals surface area contributed by atoms with Gasteiger partial charge < -0.3 is 20.0 Å². The fourth-order valence-corrected chi connectivity index (χ4v) is 1.78. The van der Waals surface area contributed by atoms with Gasteiger partial charge in [0, 0.05) is 26.1 Å². The molecular weight excluding hydrogens is 258 g/mol. The van der Waals surface area contributed by atoms with Crippen LogP contribution in [-0.2, 0) is 11.3 Å². The molecule has 1 rings (SSSR count). The summed E-state index contributed by atoms with van der Waals surface area (Å²) in [5, 5.41) is 14.0. The molecule has 0 fully saturated rings. The first-order valence-electron chi connectivity index (χ1n) is 7.25. The van der Waals surface area contributed by atoms with Crippen LogP contribution in [0.15, 0.2) is 4.42 Å². The summed E-state index contributed by atoms with van der Waals surface area (Å²) < 4.78 is 5.40. The van der Waals surface area contributed by atoms with Crippen molar-refractivity contribution in [2.75, 3.05) is 31.5 Å². The summed E-state index contributed by atoms with van der Waals surface area (Å²) in [4.78, 5) is 13.6. The molecule has 1 amide bonds. The second kappa shape index (κ2) is 9.30. The zero-order valence-corrected chi connectivity index (χ0v) is 12.6. The van der Waals surface area contributed by atoms with E-state index >= 15 is 0 Å². The first kappa shape index (κ1) is 16.4. The Bertz CT molecular complexity index is 390. The fourth-order valence-electron chi connectivity index (χ4n) is 1.78. The van der Waals surface area contributed by atoms with Crippen molar-refractivity contribution >= 4 is 11.9 Å². The third kappa shape index (κ3) is 5.56. The van der Waals surface area contributed by atoms with Gasteiger partial charge in [-0.3, -0.25) is 4.79 Å². The van der Waals surface area contributed by atoms with Crippen molar-refractivity contribution in [3.8, 4) is 0 Å². The molecule has 0 aliphatic rings. The van der Waals surface area contributed by atoms with Gasteiger partial charge in [0.15, 0.2) is 0 Å². The number of nitrogens with zero attached hydrogens (tertiary/aromatic N) is 3. The van der Waals surface area contributed by atoms with Crippen LogP contribution in [0, 0.1) is 0 Å². The molecule has 0 radical (unpaired) electrons. The molecule has 0 saturated carbocycles. The van der Waals surface area contributed by atoms with Crippen molar-refractivity contribution in [2.45, 2.75) is 40.2 Å². The van der Waals surface area contributed by atoms with E-state index in [1.54, 1.807) is 4.90 Å². The molecule has 0 saturated heterocycles. The molecule has 0 spiro atoms. The van der Waals surface area contributed by atoms with Crippen LogP contribution in [0.3, 0.4) is 0 Å². The van der Waals surface area contributed by atoms with Crippen molar-refractivity contribution in [3.63, 3.8) is 0 Å². The Morgan fingerprint density at radius 2 is 1.95 bits per heavy atom. The van der Waals surface area contributed by atoms with Crippen LogP contribution in [0.4, 0.5) is 6.01 Å². The number of rotatable bonds is 10. The van der Waals surface area contributed by atoms with E-state index in [-0.39, 0.29) is 5.91 Å². The highest BCUT2D eigenvalue weighted by Crippen LogP contribution is 2.05. The van der Waals surface area contributed by atoms with Crippen LogP contribution in [0.1, 0.15) is 39.5 Å². The van der Waals surface area contributed by atoms with Crippen molar-refractivity contribution in [2.24, 2.45) is 0 Å². The lowest BCUT2D eigenvalue weighted by atomic mass is 10.3. The van der Waals surface area contributed by atoms with Crippen molar-refractivity contribution in [1.29, 1.82) is 0 Å². The van der Waals surface area contributed by atoms with Gasteiger partial charge in [0.05, 0.1) is 6.54 Å². The number of anilines is 1. The van der Waals surface area contributed by atoms with Crippen molar-refractivity contribution in [3.05, 3.63) is 5.89 Å². The van der Waals surface area contributed by atoms with Gasteiger partial charge >= 0.3 is 6.01 Å². The van der Waals surface area contributed by atoms with Gasteiger partial charge in [0.25, 0.3) is 0 Å². The van der Waals surface area contributed by atoms with E-state index in [0.717, 1.165) is 26.1 Å².